The summed E-state index contributed by atoms with van der Waals surface area (Å²) in [6.45, 7) is 9.04. The van der Waals surface area contributed by atoms with E-state index < -0.39 is 0 Å². The van der Waals surface area contributed by atoms with Crippen LogP contribution < -0.4 is 5.32 Å². The van der Waals surface area contributed by atoms with Gasteiger partial charge < -0.3 is 19.5 Å². The van der Waals surface area contributed by atoms with Gasteiger partial charge in [0.1, 0.15) is 5.76 Å². The maximum absolute atomic E-state index is 5.31. The maximum atomic E-state index is 5.31. The van der Waals surface area contributed by atoms with E-state index in [4.69, 9.17) is 4.42 Å². The van der Waals surface area contributed by atoms with Crippen LogP contribution in [0, 0.1) is 0 Å². The largest absolute Gasteiger partial charge is 0.468 e. The van der Waals surface area contributed by atoms with Crippen LogP contribution in [0.3, 0.4) is 0 Å². The quantitative estimate of drug-likeness (QED) is 0.776. The van der Waals surface area contributed by atoms with Gasteiger partial charge in [0.05, 0.1) is 12.8 Å². The predicted octanol–water partition coefficient (Wildman–Crippen LogP) is 1.79. The number of likely N-dealkylation sites (N-methyl/N-ethyl adjacent to an activating group) is 1. The lowest BCUT2D eigenvalue weighted by Crippen LogP contribution is -2.41. The lowest BCUT2D eigenvalue weighted by atomic mass is 10.3. The van der Waals surface area contributed by atoms with Gasteiger partial charge in [-0.2, -0.15) is 0 Å². The Labute approximate surface area is 116 Å². The van der Waals surface area contributed by atoms with Crippen LogP contribution in [0.5, 0.6) is 0 Å². The van der Waals surface area contributed by atoms with Crippen LogP contribution in [0.1, 0.15) is 25.5 Å². The Morgan fingerprint density at radius 3 is 2.89 bits per heavy atom. The third-order valence-corrected chi connectivity index (χ3v) is 4.04. The van der Waals surface area contributed by atoms with E-state index in [1.807, 2.05) is 12.1 Å². The minimum absolute atomic E-state index is 0.553. The molecule has 4 nitrogen and oxygen atoms in total. The summed E-state index contributed by atoms with van der Waals surface area (Å²) in [6.07, 6.45) is 4.48. The Kier molecular flexibility index (Phi) is 5.89. The molecule has 19 heavy (non-hydrogen) atoms. The van der Waals surface area contributed by atoms with Crippen LogP contribution in [0.4, 0.5) is 0 Å². The van der Waals surface area contributed by atoms with Crippen LogP contribution in [0.2, 0.25) is 0 Å². The number of nitrogens with zero attached hydrogens (tertiary/aromatic N) is 2. The molecule has 1 fully saturated rings. The summed E-state index contributed by atoms with van der Waals surface area (Å²) in [5, 5.41) is 3.45. The normalized spacial score (nSPS) is 18.3. The fourth-order valence-electron chi connectivity index (χ4n) is 2.50. The molecule has 1 atom stereocenters. The highest BCUT2D eigenvalue weighted by Gasteiger charge is 2.14. The fourth-order valence-corrected chi connectivity index (χ4v) is 2.50. The number of likely N-dealkylation sites (tertiary alicyclic amines) is 1. The SMILES string of the molecule is CC(CNCc1ccco1)N(C)CCN1CCCC1. The van der Waals surface area contributed by atoms with Crippen molar-refractivity contribution in [1.29, 1.82) is 0 Å². The summed E-state index contributed by atoms with van der Waals surface area (Å²) >= 11 is 0. The molecular weight excluding hydrogens is 238 g/mol. The monoisotopic (exact) mass is 265 g/mol. The summed E-state index contributed by atoms with van der Waals surface area (Å²) < 4.78 is 5.31. The molecule has 2 rings (SSSR count). The predicted molar refractivity (Wildman–Crippen MR) is 78.2 cm³/mol. The third kappa shape index (κ3) is 4.97. The van der Waals surface area contributed by atoms with E-state index in [-0.39, 0.29) is 0 Å². The molecular formula is C15H27N3O. The molecule has 0 bridgehead atoms. The number of hydrogen-bond donors (Lipinski definition) is 1. The second kappa shape index (κ2) is 7.68. The molecule has 0 amide bonds. The van der Waals surface area contributed by atoms with Crippen LogP contribution in [-0.2, 0) is 6.54 Å². The first-order valence-electron chi connectivity index (χ1n) is 7.41. The van der Waals surface area contributed by atoms with Crippen LogP contribution in [-0.4, -0.2) is 55.6 Å². The van der Waals surface area contributed by atoms with Gasteiger partial charge in [-0.15, -0.1) is 0 Å². The van der Waals surface area contributed by atoms with Gasteiger partial charge in [0.15, 0.2) is 0 Å². The van der Waals surface area contributed by atoms with E-state index in [1.165, 1.54) is 32.5 Å². The molecule has 0 radical (unpaired) electrons. The van der Waals surface area contributed by atoms with Gasteiger partial charge in [0.25, 0.3) is 0 Å². The van der Waals surface area contributed by atoms with Gasteiger partial charge in [0, 0.05) is 25.7 Å². The van der Waals surface area contributed by atoms with E-state index >= 15 is 0 Å². The summed E-state index contributed by atoms with van der Waals surface area (Å²) in [4.78, 5) is 5.01. The maximum Gasteiger partial charge on any atom is 0.117 e. The average molecular weight is 265 g/mol. The van der Waals surface area contributed by atoms with Crippen molar-refractivity contribution in [3.8, 4) is 0 Å². The zero-order valence-electron chi connectivity index (χ0n) is 12.3. The minimum atomic E-state index is 0.553. The van der Waals surface area contributed by atoms with Crippen LogP contribution in [0.15, 0.2) is 22.8 Å². The third-order valence-electron chi connectivity index (χ3n) is 4.04. The average Bonchev–Trinajstić information content (AvgIpc) is 3.08. The van der Waals surface area contributed by atoms with Gasteiger partial charge in [-0.3, -0.25) is 0 Å². The van der Waals surface area contributed by atoms with Crippen LogP contribution in [0.25, 0.3) is 0 Å². The molecule has 0 saturated carbocycles. The second-order valence-corrected chi connectivity index (χ2v) is 5.59. The molecule has 1 saturated heterocycles. The first kappa shape index (κ1) is 14.6. The van der Waals surface area contributed by atoms with E-state index in [1.54, 1.807) is 6.26 Å². The molecule has 0 aromatic carbocycles. The van der Waals surface area contributed by atoms with Crippen molar-refractivity contribution in [2.45, 2.75) is 32.4 Å². The molecule has 1 N–H and O–H groups in total. The summed E-state index contributed by atoms with van der Waals surface area (Å²) in [5.74, 6) is 1.01. The zero-order chi connectivity index (χ0) is 13.5. The number of hydrogen-bond acceptors (Lipinski definition) is 4. The first-order chi connectivity index (χ1) is 9.25. The summed E-state index contributed by atoms with van der Waals surface area (Å²) in [5.41, 5.74) is 0. The van der Waals surface area contributed by atoms with Gasteiger partial charge in [-0.05, 0) is 52.0 Å². The van der Waals surface area contributed by atoms with Crippen LogP contribution >= 0.6 is 0 Å². The van der Waals surface area contributed by atoms with Crippen molar-refractivity contribution in [3.63, 3.8) is 0 Å². The van der Waals surface area contributed by atoms with Crippen molar-refractivity contribution in [2.75, 3.05) is 39.8 Å². The molecule has 1 aliphatic heterocycles. The van der Waals surface area contributed by atoms with E-state index in [0.29, 0.717) is 6.04 Å². The van der Waals surface area contributed by atoms with Crippen molar-refractivity contribution in [3.05, 3.63) is 24.2 Å². The van der Waals surface area contributed by atoms with E-state index in [2.05, 4.69) is 29.1 Å². The molecule has 1 unspecified atom stereocenters. The number of rotatable bonds is 8. The lowest BCUT2D eigenvalue weighted by Gasteiger charge is -2.27. The van der Waals surface area contributed by atoms with Crippen molar-refractivity contribution in [2.24, 2.45) is 0 Å². The molecule has 1 aromatic rings. The molecule has 0 spiro atoms. The van der Waals surface area contributed by atoms with E-state index in [0.717, 1.165) is 25.4 Å². The Bertz CT molecular complexity index is 333. The molecule has 4 heteroatoms. The highest BCUT2D eigenvalue weighted by molar-refractivity contribution is 4.97. The highest BCUT2D eigenvalue weighted by Crippen LogP contribution is 2.07. The van der Waals surface area contributed by atoms with E-state index in [9.17, 15) is 0 Å². The topological polar surface area (TPSA) is 31.7 Å². The molecule has 0 aliphatic carbocycles. The summed E-state index contributed by atoms with van der Waals surface area (Å²) in [6, 6.07) is 4.50. The van der Waals surface area contributed by atoms with Crippen molar-refractivity contribution >= 4 is 0 Å². The van der Waals surface area contributed by atoms with Gasteiger partial charge in [-0.1, -0.05) is 0 Å². The zero-order valence-corrected chi connectivity index (χ0v) is 12.3. The minimum Gasteiger partial charge on any atom is -0.468 e. The number of nitrogens with one attached hydrogen (secondary N) is 1. The number of furan rings is 1. The first-order valence-corrected chi connectivity index (χ1v) is 7.41. The molecule has 108 valence electrons. The van der Waals surface area contributed by atoms with Gasteiger partial charge >= 0.3 is 0 Å². The van der Waals surface area contributed by atoms with Gasteiger partial charge in [0.2, 0.25) is 0 Å². The Morgan fingerprint density at radius 2 is 2.21 bits per heavy atom. The standard InChI is InChI=1S/C15H27N3O/c1-14(12-16-13-15-6-5-11-19-15)17(2)9-10-18-7-3-4-8-18/h5-6,11,14,16H,3-4,7-10,12-13H2,1-2H3. The Morgan fingerprint density at radius 1 is 1.42 bits per heavy atom. The lowest BCUT2D eigenvalue weighted by molar-refractivity contribution is 0.210. The Balaban J connectivity index is 1.57. The fraction of sp³-hybridized carbons (Fsp3) is 0.733. The Hall–Kier alpha value is -0.840. The molecule has 1 aromatic heterocycles. The molecule has 2 heterocycles. The smallest absolute Gasteiger partial charge is 0.117 e. The highest BCUT2D eigenvalue weighted by atomic mass is 16.3. The summed E-state index contributed by atoms with van der Waals surface area (Å²) in [7, 11) is 2.22. The van der Waals surface area contributed by atoms with Crippen molar-refractivity contribution < 1.29 is 4.42 Å². The van der Waals surface area contributed by atoms with Crippen molar-refractivity contribution in [1.82, 2.24) is 15.1 Å². The second-order valence-electron chi connectivity index (χ2n) is 5.59. The molecule has 1 aliphatic rings. The van der Waals surface area contributed by atoms with Gasteiger partial charge in [-0.25, -0.2) is 0 Å².